The lowest BCUT2D eigenvalue weighted by atomic mass is 10.1. The van der Waals surface area contributed by atoms with Crippen molar-refractivity contribution in [3.05, 3.63) is 58.1 Å². The number of rotatable bonds is 5. The fraction of sp³-hybridized carbons (Fsp3) is 0.250. The summed E-state index contributed by atoms with van der Waals surface area (Å²) < 4.78 is 6.08. The zero-order chi connectivity index (χ0) is 14.5. The number of aromatic hydroxyl groups is 1. The average Bonchev–Trinajstić information content (AvgIpc) is 2.48. The van der Waals surface area contributed by atoms with Crippen molar-refractivity contribution in [1.82, 2.24) is 5.32 Å². The third kappa shape index (κ3) is 3.52. The van der Waals surface area contributed by atoms with Gasteiger partial charge in [-0.05, 0) is 46.6 Å². The molecule has 3 nitrogen and oxygen atoms in total. The quantitative estimate of drug-likeness (QED) is 0.867. The minimum atomic E-state index is 0.179. The Balaban J connectivity index is 2.04. The number of halogens is 1. The molecule has 0 bridgehead atoms. The average molecular weight is 336 g/mol. The highest BCUT2D eigenvalue weighted by molar-refractivity contribution is 9.10. The van der Waals surface area contributed by atoms with Gasteiger partial charge in [-0.15, -0.1) is 0 Å². The fourth-order valence-electron chi connectivity index (χ4n) is 2.07. The largest absolute Gasteiger partial charge is 0.507 e. The summed E-state index contributed by atoms with van der Waals surface area (Å²) >= 11 is 3.32. The molecule has 2 aromatic rings. The molecule has 2 N–H and O–H groups in total. The zero-order valence-electron chi connectivity index (χ0n) is 11.6. The summed E-state index contributed by atoms with van der Waals surface area (Å²) in [7, 11) is 1.68. The van der Waals surface area contributed by atoms with Crippen LogP contribution in [0.2, 0.25) is 0 Å². The van der Waals surface area contributed by atoms with Gasteiger partial charge >= 0.3 is 0 Å². The number of phenols is 1. The maximum atomic E-state index is 9.48. The highest BCUT2D eigenvalue weighted by atomic mass is 79.9. The molecule has 0 aliphatic rings. The van der Waals surface area contributed by atoms with E-state index < -0.39 is 0 Å². The number of hydrogen-bond donors (Lipinski definition) is 2. The summed E-state index contributed by atoms with van der Waals surface area (Å²) in [4.78, 5) is 0. The second-order valence-electron chi connectivity index (χ2n) is 4.63. The van der Waals surface area contributed by atoms with Crippen molar-refractivity contribution in [3.8, 4) is 11.5 Å². The van der Waals surface area contributed by atoms with Gasteiger partial charge in [0.2, 0.25) is 0 Å². The van der Waals surface area contributed by atoms with Gasteiger partial charge < -0.3 is 15.2 Å². The number of para-hydroxylation sites is 1. The van der Waals surface area contributed by atoms with Gasteiger partial charge in [-0.1, -0.05) is 24.3 Å². The third-order valence-corrected chi connectivity index (χ3v) is 3.87. The highest BCUT2D eigenvalue weighted by Crippen LogP contribution is 2.26. The lowest BCUT2D eigenvalue weighted by molar-refractivity contribution is 0.401. The first-order valence-electron chi connectivity index (χ1n) is 6.45. The van der Waals surface area contributed by atoms with Gasteiger partial charge in [0.05, 0.1) is 11.6 Å². The minimum absolute atomic E-state index is 0.179. The van der Waals surface area contributed by atoms with E-state index in [1.807, 2.05) is 30.3 Å². The van der Waals surface area contributed by atoms with Crippen LogP contribution in [0, 0.1) is 0 Å². The van der Waals surface area contributed by atoms with Crippen LogP contribution in [0.5, 0.6) is 11.5 Å². The van der Waals surface area contributed by atoms with E-state index in [1.54, 1.807) is 13.2 Å². The molecule has 0 spiro atoms. The van der Waals surface area contributed by atoms with Crippen LogP contribution in [0.25, 0.3) is 0 Å². The summed E-state index contributed by atoms with van der Waals surface area (Å²) in [5.41, 5.74) is 2.24. The molecule has 0 radical (unpaired) electrons. The van der Waals surface area contributed by atoms with E-state index in [4.69, 9.17) is 4.74 Å². The first kappa shape index (κ1) is 14.9. The van der Waals surface area contributed by atoms with Crippen molar-refractivity contribution in [2.24, 2.45) is 0 Å². The standard InChI is InChI=1S/C16H18BrNO2/c1-11(13-5-3-4-6-16(13)20-2)18-10-12-7-8-15(19)14(17)9-12/h3-9,11,18-19H,10H2,1-2H3. The predicted molar refractivity (Wildman–Crippen MR) is 84.1 cm³/mol. The summed E-state index contributed by atoms with van der Waals surface area (Å²) in [5.74, 6) is 1.14. The molecule has 2 rings (SSSR count). The van der Waals surface area contributed by atoms with Gasteiger partial charge in [-0.25, -0.2) is 0 Å². The SMILES string of the molecule is COc1ccccc1C(C)NCc1ccc(O)c(Br)c1. The molecule has 1 atom stereocenters. The molecule has 0 heterocycles. The molecule has 0 saturated heterocycles. The number of methoxy groups -OCH3 is 1. The Morgan fingerprint density at radius 2 is 2.00 bits per heavy atom. The summed E-state index contributed by atoms with van der Waals surface area (Å²) in [5, 5.41) is 12.9. The van der Waals surface area contributed by atoms with Crippen molar-refractivity contribution in [3.63, 3.8) is 0 Å². The second kappa shape index (κ2) is 6.77. The summed E-state index contributed by atoms with van der Waals surface area (Å²) in [6, 6.07) is 13.7. The topological polar surface area (TPSA) is 41.5 Å². The van der Waals surface area contributed by atoms with E-state index in [-0.39, 0.29) is 11.8 Å². The Labute approximate surface area is 127 Å². The van der Waals surface area contributed by atoms with Crippen LogP contribution in [0.4, 0.5) is 0 Å². The van der Waals surface area contributed by atoms with Crippen LogP contribution in [0.3, 0.4) is 0 Å². The molecule has 0 aromatic heterocycles. The molecule has 20 heavy (non-hydrogen) atoms. The van der Waals surface area contributed by atoms with Gasteiger partial charge in [-0.2, -0.15) is 0 Å². The Bertz CT molecular complexity index is 586. The van der Waals surface area contributed by atoms with Gasteiger partial charge in [0.25, 0.3) is 0 Å². The van der Waals surface area contributed by atoms with Crippen LogP contribution in [0.15, 0.2) is 46.9 Å². The zero-order valence-corrected chi connectivity index (χ0v) is 13.1. The molecule has 0 saturated carbocycles. The Morgan fingerprint density at radius 1 is 1.25 bits per heavy atom. The van der Waals surface area contributed by atoms with Crippen LogP contribution >= 0.6 is 15.9 Å². The Hall–Kier alpha value is -1.52. The lowest BCUT2D eigenvalue weighted by Gasteiger charge is -2.17. The monoisotopic (exact) mass is 335 g/mol. The Morgan fingerprint density at radius 3 is 2.70 bits per heavy atom. The van der Waals surface area contributed by atoms with E-state index in [1.165, 1.54) is 0 Å². The van der Waals surface area contributed by atoms with Gasteiger partial charge in [-0.3, -0.25) is 0 Å². The molecule has 0 aliphatic heterocycles. The van der Waals surface area contributed by atoms with Gasteiger partial charge in [0.1, 0.15) is 11.5 Å². The molecule has 0 aliphatic carbocycles. The van der Waals surface area contributed by atoms with E-state index in [9.17, 15) is 5.11 Å². The number of phenolic OH excluding ortho intramolecular Hbond substituents is 1. The third-order valence-electron chi connectivity index (χ3n) is 3.23. The van der Waals surface area contributed by atoms with Crippen LogP contribution in [-0.2, 0) is 6.54 Å². The number of hydrogen-bond acceptors (Lipinski definition) is 3. The van der Waals surface area contributed by atoms with Gasteiger partial charge in [0.15, 0.2) is 0 Å². The van der Waals surface area contributed by atoms with Crippen molar-refractivity contribution >= 4 is 15.9 Å². The van der Waals surface area contributed by atoms with E-state index in [2.05, 4.69) is 34.2 Å². The summed E-state index contributed by atoms with van der Waals surface area (Å²) in [6.45, 7) is 2.82. The lowest BCUT2D eigenvalue weighted by Crippen LogP contribution is -2.18. The smallest absolute Gasteiger partial charge is 0.129 e. The van der Waals surface area contributed by atoms with Crippen molar-refractivity contribution in [2.75, 3.05) is 7.11 Å². The van der Waals surface area contributed by atoms with Crippen molar-refractivity contribution in [2.45, 2.75) is 19.5 Å². The molecular formula is C16H18BrNO2. The normalized spacial score (nSPS) is 12.2. The molecule has 106 valence electrons. The van der Waals surface area contributed by atoms with Crippen molar-refractivity contribution < 1.29 is 9.84 Å². The predicted octanol–water partition coefficient (Wildman–Crippen LogP) is 4.01. The molecule has 1 unspecified atom stereocenters. The maximum Gasteiger partial charge on any atom is 0.129 e. The second-order valence-corrected chi connectivity index (χ2v) is 5.48. The molecule has 2 aromatic carbocycles. The van der Waals surface area contributed by atoms with Gasteiger partial charge in [0, 0.05) is 18.2 Å². The Kier molecular flexibility index (Phi) is 5.04. The first-order valence-corrected chi connectivity index (χ1v) is 7.25. The number of ether oxygens (including phenoxy) is 1. The fourth-order valence-corrected chi connectivity index (χ4v) is 2.49. The van der Waals surface area contributed by atoms with E-state index >= 15 is 0 Å². The van der Waals surface area contributed by atoms with Crippen LogP contribution < -0.4 is 10.1 Å². The van der Waals surface area contributed by atoms with Crippen molar-refractivity contribution in [1.29, 1.82) is 0 Å². The molecular weight excluding hydrogens is 318 g/mol. The van der Waals surface area contributed by atoms with E-state index in [0.29, 0.717) is 4.47 Å². The molecule has 4 heteroatoms. The number of nitrogens with one attached hydrogen (secondary N) is 1. The highest BCUT2D eigenvalue weighted by Gasteiger charge is 2.10. The van der Waals surface area contributed by atoms with E-state index in [0.717, 1.165) is 23.4 Å². The van der Waals surface area contributed by atoms with Crippen LogP contribution in [-0.4, -0.2) is 12.2 Å². The first-order chi connectivity index (χ1) is 9.61. The maximum absolute atomic E-state index is 9.48. The molecule has 0 amide bonds. The van der Waals surface area contributed by atoms with Crippen LogP contribution in [0.1, 0.15) is 24.1 Å². The summed E-state index contributed by atoms with van der Waals surface area (Å²) in [6.07, 6.45) is 0. The number of benzene rings is 2. The molecule has 0 fully saturated rings. The minimum Gasteiger partial charge on any atom is -0.507 e.